The molecule has 1 aromatic rings. The molecule has 4 amide bonds. The van der Waals surface area contributed by atoms with Gasteiger partial charge in [-0.25, -0.2) is 0 Å². The van der Waals surface area contributed by atoms with Gasteiger partial charge in [-0.1, -0.05) is 90.0 Å². The number of rotatable bonds is 43. The number of nitrogens with one attached hydrogen (secondary N) is 2. The van der Waals surface area contributed by atoms with E-state index in [-0.39, 0.29) is 24.0 Å². The number of ether oxygens (including phenoxy) is 9. The van der Waals surface area contributed by atoms with Crippen molar-refractivity contribution in [3.63, 3.8) is 0 Å². The maximum Gasteiger partial charge on any atom is 0.264 e. The van der Waals surface area contributed by atoms with E-state index in [2.05, 4.69) is 17.6 Å². The molecule has 0 bridgehead atoms. The Balaban J connectivity index is 0.963. The van der Waals surface area contributed by atoms with Gasteiger partial charge in [0.05, 0.1) is 123 Å². The topological polar surface area (TPSA) is 179 Å². The van der Waals surface area contributed by atoms with Gasteiger partial charge in [0.15, 0.2) is 0 Å². The number of benzene rings is 1. The van der Waals surface area contributed by atoms with Gasteiger partial charge in [-0.15, -0.1) is 0 Å². The van der Waals surface area contributed by atoms with Crippen molar-refractivity contribution in [3.8, 4) is 0 Å². The van der Waals surface area contributed by atoms with Crippen LogP contribution in [0.3, 0.4) is 0 Å². The standard InChI is InChI=1S/C46H77N3O13/c1-2-3-4-5-6-7-8-9-10-11-12-13-14-21-54-23-25-56-27-29-58-31-33-60-35-37-62-38-36-61-34-32-59-30-28-57-26-24-55-22-20-47-40-17-15-16-39-43(40)46(53)49(45(39)52)41-18-19-42(50)48-44(41)51/h15-17,41,47H,2-14,18-38H2,1H3,(H,48,50,51). The van der Waals surface area contributed by atoms with Crippen molar-refractivity contribution in [2.75, 3.05) is 131 Å². The summed E-state index contributed by atoms with van der Waals surface area (Å²) in [7, 11) is 0. The van der Waals surface area contributed by atoms with Crippen molar-refractivity contribution < 1.29 is 61.8 Å². The van der Waals surface area contributed by atoms with Crippen LogP contribution in [0.2, 0.25) is 0 Å². The first-order valence-corrected chi connectivity index (χ1v) is 23.3. The van der Waals surface area contributed by atoms with Crippen LogP contribution in [-0.2, 0) is 52.2 Å². The maximum absolute atomic E-state index is 13.2. The Morgan fingerprint density at radius 2 is 0.919 bits per heavy atom. The van der Waals surface area contributed by atoms with Crippen LogP contribution in [0, 0.1) is 0 Å². The molecular formula is C46H77N3O13. The summed E-state index contributed by atoms with van der Waals surface area (Å²) in [5.74, 6) is -2.15. The summed E-state index contributed by atoms with van der Waals surface area (Å²) in [4.78, 5) is 50.9. The quantitative estimate of drug-likeness (QED) is 0.0600. The highest BCUT2D eigenvalue weighted by molar-refractivity contribution is 6.25. The lowest BCUT2D eigenvalue weighted by Crippen LogP contribution is -2.54. The van der Waals surface area contributed by atoms with Crippen molar-refractivity contribution in [1.82, 2.24) is 10.2 Å². The van der Waals surface area contributed by atoms with E-state index >= 15 is 0 Å². The van der Waals surface area contributed by atoms with Crippen molar-refractivity contribution in [3.05, 3.63) is 29.3 Å². The molecule has 354 valence electrons. The second-order valence-electron chi connectivity index (χ2n) is 15.4. The molecule has 62 heavy (non-hydrogen) atoms. The molecule has 2 aliphatic heterocycles. The van der Waals surface area contributed by atoms with Crippen molar-refractivity contribution >= 4 is 29.3 Å². The van der Waals surface area contributed by atoms with Gasteiger partial charge in [-0.2, -0.15) is 0 Å². The van der Waals surface area contributed by atoms with Crippen LogP contribution in [0.15, 0.2) is 18.2 Å². The maximum atomic E-state index is 13.2. The number of anilines is 1. The Bertz CT molecular complexity index is 1350. The number of carbonyl (C=O) groups excluding carboxylic acids is 4. The third-order valence-electron chi connectivity index (χ3n) is 10.4. The Morgan fingerprint density at radius 3 is 1.35 bits per heavy atom. The van der Waals surface area contributed by atoms with Crippen molar-refractivity contribution in [2.24, 2.45) is 0 Å². The Labute approximate surface area is 370 Å². The summed E-state index contributed by atoms with van der Waals surface area (Å²) >= 11 is 0. The van der Waals surface area contributed by atoms with Gasteiger partial charge >= 0.3 is 0 Å². The molecule has 1 fully saturated rings. The van der Waals surface area contributed by atoms with Gasteiger partial charge < -0.3 is 47.9 Å². The van der Waals surface area contributed by atoms with Gasteiger partial charge in [0.25, 0.3) is 11.8 Å². The van der Waals surface area contributed by atoms with Gasteiger partial charge in [-0.3, -0.25) is 29.4 Å². The molecule has 16 heteroatoms. The summed E-state index contributed by atoms with van der Waals surface area (Å²) in [5, 5.41) is 5.34. The largest absolute Gasteiger partial charge is 0.382 e. The highest BCUT2D eigenvalue weighted by Gasteiger charge is 2.45. The smallest absolute Gasteiger partial charge is 0.264 e. The van der Waals surface area contributed by atoms with Crippen LogP contribution >= 0.6 is 0 Å². The number of fused-ring (bicyclic) bond motifs is 1. The van der Waals surface area contributed by atoms with Crippen LogP contribution in [0.4, 0.5) is 5.69 Å². The summed E-state index contributed by atoms with van der Waals surface area (Å²) in [6.07, 6.45) is 17.8. The molecular weight excluding hydrogens is 803 g/mol. The minimum absolute atomic E-state index is 0.0684. The molecule has 16 nitrogen and oxygen atoms in total. The first-order valence-electron chi connectivity index (χ1n) is 23.3. The number of hydrogen-bond acceptors (Lipinski definition) is 14. The third-order valence-corrected chi connectivity index (χ3v) is 10.4. The number of unbranched alkanes of at least 4 members (excludes halogenated alkanes) is 12. The SMILES string of the molecule is CCCCCCCCCCCCCCCOCCOCCOCCOCCOCCOCCOCCOCCOCCNc1cccc2c1C(=O)N(C1CCC(=O)NC1=O)C2=O. The molecule has 0 aliphatic carbocycles. The molecule has 2 heterocycles. The Morgan fingerprint density at radius 1 is 0.516 bits per heavy atom. The van der Waals surface area contributed by atoms with Crippen LogP contribution in [-0.4, -0.2) is 160 Å². The fourth-order valence-electron chi connectivity index (χ4n) is 7.00. The predicted molar refractivity (Wildman–Crippen MR) is 235 cm³/mol. The zero-order chi connectivity index (χ0) is 44.1. The Kier molecular flexibility index (Phi) is 31.2. The molecule has 0 saturated carbocycles. The predicted octanol–water partition coefficient (Wildman–Crippen LogP) is 5.74. The lowest BCUT2D eigenvalue weighted by atomic mass is 10.0. The monoisotopic (exact) mass is 880 g/mol. The van der Waals surface area contributed by atoms with E-state index in [0.29, 0.717) is 125 Å². The number of carbonyl (C=O) groups is 4. The number of piperidine rings is 1. The fourth-order valence-corrected chi connectivity index (χ4v) is 7.00. The summed E-state index contributed by atoms with van der Waals surface area (Å²) in [6.45, 7) is 11.7. The number of hydrogen-bond donors (Lipinski definition) is 2. The zero-order valence-corrected chi connectivity index (χ0v) is 37.6. The van der Waals surface area contributed by atoms with Crippen LogP contribution < -0.4 is 10.6 Å². The van der Waals surface area contributed by atoms with Crippen LogP contribution in [0.5, 0.6) is 0 Å². The molecule has 1 atom stereocenters. The average molecular weight is 880 g/mol. The van der Waals surface area contributed by atoms with E-state index in [1.807, 2.05) is 0 Å². The second kappa shape index (κ2) is 36.3. The van der Waals surface area contributed by atoms with Gasteiger partial charge in [0, 0.05) is 25.3 Å². The van der Waals surface area contributed by atoms with E-state index in [1.165, 1.54) is 77.0 Å². The van der Waals surface area contributed by atoms with E-state index < -0.39 is 29.7 Å². The minimum atomic E-state index is -1.01. The van der Waals surface area contributed by atoms with E-state index in [9.17, 15) is 19.2 Å². The van der Waals surface area contributed by atoms with E-state index in [4.69, 9.17) is 42.6 Å². The fraction of sp³-hybridized carbons (Fsp3) is 0.783. The van der Waals surface area contributed by atoms with Crippen molar-refractivity contribution in [1.29, 1.82) is 0 Å². The molecule has 2 N–H and O–H groups in total. The molecule has 1 saturated heterocycles. The first kappa shape index (κ1) is 53.3. The second-order valence-corrected chi connectivity index (χ2v) is 15.4. The van der Waals surface area contributed by atoms with Crippen LogP contribution in [0.1, 0.15) is 124 Å². The number of nitrogens with zero attached hydrogens (tertiary/aromatic N) is 1. The molecule has 1 unspecified atom stereocenters. The normalized spacial score (nSPS) is 15.2. The van der Waals surface area contributed by atoms with Crippen molar-refractivity contribution in [2.45, 2.75) is 109 Å². The summed E-state index contributed by atoms with van der Waals surface area (Å²) in [5.41, 5.74) is 0.920. The average Bonchev–Trinajstić information content (AvgIpc) is 3.52. The van der Waals surface area contributed by atoms with E-state index in [0.717, 1.165) is 17.9 Å². The molecule has 0 spiro atoms. The zero-order valence-electron chi connectivity index (χ0n) is 37.6. The lowest BCUT2D eigenvalue weighted by molar-refractivity contribution is -0.136. The third kappa shape index (κ3) is 23.6. The molecule has 0 aromatic heterocycles. The molecule has 0 radical (unpaired) electrons. The van der Waals surface area contributed by atoms with Gasteiger partial charge in [-0.05, 0) is 25.0 Å². The highest BCUT2D eigenvalue weighted by Crippen LogP contribution is 2.32. The first-order chi connectivity index (χ1) is 30.5. The minimum Gasteiger partial charge on any atom is -0.382 e. The van der Waals surface area contributed by atoms with E-state index in [1.54, 1.807) is 18.2 Å². The van der Waals surface area contributed by atoms with Gasteiger partial charge in [0.2, 0.25) is 11.8 Å². The Hall–Kier alpha value is -3.06. The van der Waals surface area contributed by atoms with Crippen LogP contribution in [0.25, 0.3) is 0 Å². The molecule has 2 aliphatic rings. The summed E-state index contributed by atoms with van der Waals surface area (Å²) < 4.78 is 50.0. The summed E-state index contributed by atoms with van der Waals surface area (Å²) in [6, 6.07) is 3.92. The lowest BCUT2D eigenvalue weighted by Gasteiger charge is -2.27. The highest BCUT2D eigenvalue weighted by atomic mass is 16.6. The number of imide groups is 2. The molecule has 1 aromatic carbocycles. The molecule has 3 rings (SSSR count). The van der Waals surface area contributed by atoms with Gasteiger partial charge in [0.1, 0.15) is 6.04 Å². The number of amides is 4.